The monoisotopic (exact) mass is 516 g/mol. The zero-order valence-corrected chi connectivity index (χ0v) is 20.1. The van der Waals surface area contributed by atoms with Crippen LogP contribution in [0.4, 0.5) is 0 Å². The molecule has 0 saturated heterocycles. The number of fused-ring (bicyclic) bond motifs is 4. The lowest BCUT2D eigenvalue weighted by Crippen LogP contribution is -2.25. The molecule has 0 heterocycles. The van der Waals surface area contributed by atoms with Crippen LogP contribution in [0.1, 0.15) is 70.1 Å². The number of hydrogen-bond donors (Lipinski definition) is 0. The van der Waals surface area contributed by atoms with Gasteiger partial charge in [-0.2, -0.15) is 0 Å². The Balaban J connectivity index is 1.22. The summed E-state index contributed by atoms with van der Waals surface area (Å²) in [6.45, 7) is 0. The summed E-state index contributed by atoms with van der Waals surface area (Å²) in [5.74, 6) is -4.12. The third-order valence-corrected chi connectivity index (χ3v) is 6.56. The molecule has 2 aliphatic rings. The molecule has 39 heavy (non-hydrogen) atoms. The van der Waals surface area contributed by atoms with E-state index in [1.54, 1.807) is 36.4 Å². The van der Waals surface area contributed by atoms with Crippen molar-refractivity contribution in [2.24, 2.45) is 0 Å². The van der Waals surface area contributed by atoms with E-state index in [1.807, 2.05) is 0 Å². The Morgan fingerprint density at radius 1 is 0.436 bits per heavy atom. The first-order valence-electron chi connectivity index (χ1n) is 11.9. The van der Waals surface area contributed by atoms with Gasteiger partial charge in [0.1, 0.15) is 17.9 Å². The van der Waals surface area contributed by atoms with E-state index in [9.17, 15) is 28.8 Å². The second-order valence-electron chi connectivity index (χ2n) is 8.89. The molecule has 0 aromatic heterocycles. The molecular weight excluding hydrogens is 500 g/mol. The first kappa shape index (κ1) is 23.9. The first-order chi connectivity index (χ1) is 18.8. The van der Waals surface area contributed by atoms with E-state index in [-0.39, 0.29) is 67.6 Å². The number of ether oxygens (including phenoxy) is 2. The Morgan fingerprint density at radius 2 is 0.769 bits per heavy atom. The lowest BCUT2D eigenvalue weighted by molar-refractivity contribution is -0.144. The Hall–Kier alpha value is -5.50. The van der Waals surface area contributed by atoms with Gasteiger partial charge in [0.05, 0.1) is 11.1 Å². The van der Waals surface area contributed by atoms with Crippen molar-refractivity contribution >= 4 is 35.1 Å². The molecule has 0 spiro atoms. The summed E-state index contributed by atoms with van der Waals surface area (Å²) >= 11 is 0. The summed E-state index contributed by atoms with van der Waals surface area (Å²) in [7, 11) is 0. The van der Waals surface area contributed by atoms with Crippen LogP contribution in [0.15, 0.2) is 84.9 Å². The maximum atomic E-state index is 13.1. The normalized spacial score (nSPS) is 13.1. The Labute approximate surface area is 220 Å². The van der Waals surface area contributed by atoms with Gasteiger partial charge >= 0.3 is 11.9 Å². The lowest BCUT2D eigenvalue weighted by Gasteiger charge is -2.20. The smallest absolute Gasteiger partial charge is 0.322 e. The highest BCUT2D eigenvalue weighted by atomic mass is 16.6. The maximum absolute atomic E-state index is 13.1. The minimum atomic E-state index is -1.04. The zero-order chi connectivity index (χ0) is 27.3. The van der Waals surface area contributed by atoms with E-state index in [2.05, 4.69) is 0 Å². The number of esters is 2. The predicted molar refractivity (Wildman–Crippen MR) is 135 cm³/mol. The molecule has 0 aliphatic heterocycles. The quantitative estimate of drug-likeness (QED) is 0.195. The maximum Gasteiger partial charge on any atom is 0.322 e. The molecule has 0 unspecified atom stereocenters. The third-order valence-electron chi connectivity index (χ3n) is 6.56. The molecule has 188 valence electrons. The first-order valence-corrected chi connectivity index (χ1v) is 11.9. The van der Waals surface area contributed by atoms with Gasteiger partial charge in [0.15, 0.2) is 23.1 Å². The van der Waals surface area contributed by atoms with Crippen LogP contribution in [0.25, 0.3) is 0 Å². The van der Waals surface area contributed by atoms with Crippen LogP contribution in [0.2, 0.25) is 0 Å². The summed E-state index contributed by atoms with van der Waals surface area (Å²) in [6, 6.07) is 21.2. The summed E-state index contributed by atoms with van der Waals surface area (Å²) in [5, 5.41) is 0. The molecule has 0 radical (unpaired) electrons. The lowest BCUT2D eigenvalue weighted by atomic mass is 9.83. The van der Waals surface area contributed by atoms with Crippen LogP contribution in [0, 0.1) is 0 Å². The number of rotatable bonds is 4. The van der Waals surface area contributed by atoms with Crippen LogP contribution >= 0.6 is 0 Å². The van der Waals surface area contributed by atoms with E-state index < -0.39 is 29.9 Å². The molecule has 0 bridgehead atoms. The molecule has 0 fully saturated rings. The van der Waals surface area contributed by atoms with E-state index in [4.69, 9.17) is 9.47 Å². The highest BCUT2D eigenvalue weighted by Crippen LogP contribution is 2.35. The van der Waals surface area contributed by atoms with Crippen LogP contribution in [-0.4, -0.2) is 35.1 Å². The average molecular weight is 516 g/mol. The van der Waals surface area contributed by atoms with Gasteiger partial charge in [-0.3, -0.25) is 28.8 Å². The van der Waals surface area contributed by atoms with Crippen molar-refractivity contribution in [1.29, 1.82) is 0 Å². The SMILES string of the molecule is O=C(CC(=O)Oc1cccc2c1C(=O)c1ccccc1C2=O)Oc1cccc2c1C(=O)c1ccccc1C2=O. The fraction of sp³-hybridized carbons (Fsp3) is 0.0323. The molecule has 0 amide bonds. The number of carbonyl (C=O) groups is 6. The van der Waals surface area contributed by atoms with E-state index in [1.165, 1.54) is 48.5 Å². The van der Waals surface area contributed by atoms with Crippen LogP contribution in [0.5, 0.6) is 11.5 Å². The van der Waals surface area contributed by atoms with Crippen molar-refractivity contribution in [2.45, 2.75) is 6.42 Å². The van der Waals surface area contributed by atoms with Crippen LogP contribution in [0.3, 0.4) is 0 Å². The molecule has 8 nitrogen and oxygen atoms in total. The van der Waals surface area contributed by atoms with Crippen LogP contribution < -0.4 is 9.47 Å². The Kier molecular flexibility index (Phi) is 5.58. The van der Waals surface area contributed by atoms with Gasteiger partial charge in [-0.25, -0.2) is 0 Å². The minimum absolute atomic E-state index is 0.0668. The fourth-order valence-corrected chi connectivity index (χ4v) is 4.83. The van der Waals surface area contributed by atoms with Crippen molar-refractivity contribution < 1.29 is 38.2 Å². The van der Waals surface area contributed by atoms with E-state index in [0.29, 0.717) is 0 Å². The Morgan fingerprint density at radius 3 is 1.15 bits per heavy atom. The van der Waals surface area contributed by atoms with Crippen molar-refractivity contribution in [3.05, 3.63) is 129 Å². The van der Waals surface area contributed by atoms with Crippen molar-refractivity contribution in [2.75, 3.05) is 0 Å². The van der Waals surface area contributed by atoms with Gasteiger partial charge in [-0.05, 0) is 12.1 Å². The largest absolute Gasteiger partial charge is 0.425 e. The number of hydrogen-bond acceptors (Lipinski definition) is 8. The second-order valence-corrected chi connectivity index (χ2v) is 8.89. The standard InChI is InChI=1S/C31H16O8/c32-24(38-22-13-5-11-20-26(22)30(36)18-9-3-1-7-16(18)28(20)34)15-25(33)39-23-14-6-12-21-27(23)31(37)19-10-4-2-8-17(19)29(21)35/h1-14H,15H2. The van der Waals surface area contributed by atoms with Crippen molar-refractivity contribution in [3.8, 4) is 11.5 Å². The van der Waals surface area contributed by atoms with Gasteiger partial charge < -0.3 is 9.47 Å². The molecule has 8 heteroatoms. The summed E-state index contributed by atoms with van der Waals surface area (Å²) in [5.41, 5.74) is 0.926. The highest BCUT2D eigenvalue weighted by molar-refractivity contribution is 6.30. The van der Waals surface area contributed by atoms with Gasteiger partial charge in [-0.1, -0.05) is 72.8 Å². The molecule has 6 rings (SSSR count). The van der Waals surface area contributed by atoms with Crippen LogP contribution in [-0.2, 0) is 9.59 Å². The van der Waals surface area contributed by atoms with Gasteiger partial charge in [0.2, 0.25) is 0 Å². The van der Waals surface area contributed by atoms with E-state index >= 15 is 0 Å². The van der Waals surface area contributed by atoms with Crippen molar-refractivity contribution in [3.63, 3.8) is 0 Å². The molecule has 4 aromatic carbocycles. The summed E-state index contributed by atoms with van der Waals surface area (Å²) < 4.78 is 10.6. The molecule has 0 N–H and O–H groups in total. The third kappa shape index (κ3) is 3.86. The van der Waals surface area contributed by atoms with E-state index in [0.717, 1.165) is 0 Å². The second kappa shape index (κ2) is 9.11. The molecule has 2 aliphatic carbocycles. The molecule has 4 aromatic rings. The number of benzene rings is 4. The predicted octanol–water partition coefficient (Wildman–Crippen LogP) is 4.14. The highest BCUT2D eigenvalue weighted by Gasteiger charge is 2.34. The zero-order valence-electron chi connectivity index (χ0n) is 20.1. The van der Waals surface area contributed by atoms with Gasteiger partial charge in [0, 0.05) is 33.4 Å². The Bertz CT molecular complexity index is 1670. The molecule has 0 saturated carbocycles. The summed E-state index contributed by atoms with van der Waals surface area (Å²) in [4.78, 5) is 77.3. The fourth-order valence-electron chi connectivity index (χ4n) is 4.83. The molecular formula is C31H16O8. The average Bonchev–Trinajstić information content (AvgIpc) is 2.94. The van der Waals surface area contributed by atoms with Crippen molar-refractivity contribution in [1.82, 2.24) is 0 Å². The van der Waals surface area contributed by atoms with Gasteiger partial charge in [0.25, 0.3) is 0 Å². The molecule has 0 atom stereocenters. The van der Waals surface area contributed by atoms with Gasteiger partial charge in [-0.15, -0.1) is 0 Å². The number of carbonyl (C=O) groups excluding carboxylic acids is 6. The number of ketones is 4. The minimum Gasteiger partial charge on any atom is -0.425 e. The topological polar surface area (TPSA) is 121 Å². The summed E-state index contributed by atoms with van der Waals surface area (Å²) in [6.07, 6.45) is -0.856.